The first-order valence-corrected chi connectivity index (χ1v) is 7.14. The lowest BCUT2D eigenvalue weighted by atomic mass is 10.2. The molecule has 2 aromatic rings. The first-order chi connectivity index (χ1) is 10.5. The Hall–Kier alpha value is -2.26. The summed E-state index contributed by atoms with van der Waals surface area (Å²) < 4.78 is 1.76. The molecule has 2 N–H and O–H groups in total. The Morgan fingerprint density at radius 2 is 2.32 bits per heavy atom. The highest BCUT2D eigenvalue weighted by Crippen LogP contribution is 2.39. The Kier molecular flexibility index (Phi) is 3.67. The van der Waals surface area contributed by atoms with E-state index in [1.54, 1.807) is 0 Å². The van der Waals surface area contributed by atoms with Crippen molar-refractivity contribution in [3.8, 4) is 5.75 Å². The number of aromatic amines is 1. The monoisotopic (exact) mass is 339 g/mol. The van der Waals surface area contributed by atoms with Crippen LogP contribution in [0.2, 0.25) is 5.02 Å². The number of nitrogens with zero attached hydrogens (tertiary/aromatic N) is 4. The van der Waals surface area contributed by atoms with Crippen molar-refractivity contribution in [1.82, 2.24) is 14.9 Å². The number of rotatable bonds is 4. The van der Waals surface area contributed by atoms with Gasteiger partial charge in [-0.2, -0.15) is 14.9 Å². The van der Waals surface area contributed by atoms with Gasteiger partial charge in [-0.05, 0) is 31.1 Å². The summed E-state index contributed by atoms with van der Waals surface area (Å²) in [6.45, 7) is 0. The van der Waals surface area contributed by atoms with Crippen molar-refractivity contribution in [2.45, 2.75) is 18.8 Å². The van der Waals surface area contributed by atoms with Gasteiger partial charge in [0.05, 0.1) is 11.1 Å². The predicted molar refractivity (Wildman–Crippen MR) is 82.1 cm³/mol. The van der Waals surface area contributed by atoms with E-state index in [4.69, 9.17) is 23.8 Å². The molecule has 1 heterocycles. The number of hydrogen-bond donors (Lipinski definition) is 2. The molecule has 1 aliphatic rings. The molecule has 8 nitrogen and oxygen atoms in total. The van der Waals surface area contributed by atoms with E-state index in [0.29, 0.717) is 16.5 Å². The Morgan fingerprint density at radius 3 is 2.95 bits per heavy atom. The molecule has 1 aromatic carbocycles. The van der Waals surface area contributed by atoms with Gasteiger partial charge in [0.25, 0.3) is 0 Å². The van der Waals surface area contributed by atoms with E-state index in [1.807, 2.05) is 0 Å². The highest BCUT2D eigenvalue weighted by Gasteiger charge is 2.29. The van der Waals surface area contributed by atoms with Crippen molar-refractivity contribution in [2.24, 2.45) is 5.10 Å². The second-order valence-electron chi connectivity index (χ2n) is 4.84. The van der Waals surface area contributed by atoms with Crippen LogP contribution < -0.4 is 0 Å². The minimum Gasteiger partial charge on any atom is -0.502 e. The fourth-order valence-electron chi connectivity index (χ4n) is 1.98. The van der Waals surface area contributed by atoms with Crippen molar-refractivity contribution in [3.05, 3.63) is 43.4 Å². The Labute approximate surface area is 134 Å². The summed E-state index contributed by atoms with van der Waals surface area (Å²) >= 11 is 10.9. The highest BCUT2D eigenvalue weighted by molar-refractivity contribution is 7.71. The number of nitrogens with one attached hydrogen (secondary N) is 1. The number of aromatic nitrogens is 3. The Morgan fingerprint density at radius 1 is 1.59 bits per heavy atom. The lowest BCUT2D eigenvalue weighted by Gasteiger charge is -2.02. The number of nitro groups is 1. The minimum atomic E-state index is -0.711. The van der Waals surface area contributed by atoms with Crippen molar-refractivity contribution in [1.29, 1.82) is 0 Å². The maximum absolute atomic E-state index is 10.9. The maximum Gasteiger partial charge on any atom is 0.312 e. The van der Waals surface area contributed by atoms with E-state index < -0.39 is 16.4 Å². The molecule has 0 spiro atoms. The number of halogens is 1. The quantitative estimate of drug-likeness (QED) is 0.385. The number of H-pyrrole nitrogens is 1. The smallest absolute Gasteiger partial charge is 0.312 e. The number of benzene rings is 1. The molecular formula is C12H10ClN5O3S. The summed E-state index contributed by atoms with van der Waals surface area (Å²) in [5.41, 5.74) is -0.351. The third kappa shape index (κ3) is 2.72. The van der Waals surface area contributed by atoms with Crippen LogP contribution in [0.3, 0.4) is 0 Å². The zero-order chi connectivity index (χ0) is 15.9. The zero-order valence-electron chi connectivity index (χ0n) is 11.1. The van der Waals surface area contributed by atoms with Gasteiger partial charge >= 0.3 is 5.69 Å². The summed E-state index contributed by atoms with van der Waals surface area (Å²) in [6.07, 6.45) is 3.30. The van der Waals surface area contributed by atoms with Gasteiger partial charge in [-0.1, -0.05) is 11.6 Å². The average Bonchev–Trinajstić information content (AvgIpc) is 3.24. The Balaban J connectivity index is 2.01. The predicted octanol–water partition coefficient (Wildman–Crippen LogP) is 2.97. The SMILES string of the molecule is O=[N+]([O-])c1cc(Cl)cc(/C=N\n2c(C3CC3)n[nH]c2=S)c1O. The molecule has 10 heteroatoms. The molecule has 0 saturated heterocycles. The van der Waals surface area contributed by atoms with Crippen LogP contribution >= 0.6 is 23.8 Å². The molecule has 0 unspecified atom stereocenters. The standard InChI is InChI=1S/C12H10ClN5O3S/c13-8-3-7(10(19)9(4-8)18(20)21)5-14-17-11(6-1-2-6)15-16-12(17)22/h3-6,19H,1-2H2,(H,16,22)/b14-5-. The second kappa shape index (κ2) is 5.50. The number of phenolic OH excluding ortho intramolecular Hbond substituents is 1. The zero-order valence-corrected chi connectivity index (χ0v) is 12.6. The fraction of sp³-hybridized carbons (Fsp3) is 0.250. The number of hydrogen-bond acceptors (Lipinski definition) is 6. The third-order valence-electron chi connectivity index (χ3n) is 3.21. The van der Waals surface area contributed by atoms with Crippen LogP contribution in [0.4, 0.5) is 5.69 Å². The molecule has 0 radical (unpaired) electrons. The first kappa shape index (κ1) is 14.7. The van der Waals surface area contributed by atoms with Gasteiger partial charge < -0.3 is 5.11 Å². The molecule has 1 aliphatic carbocycles. The van der Waals surface area contributed by atoms with Gasteiger partial charge in [0.15, 0.2) is 5.82 Å². The van der Waals surface area contributed by atoms with Gasteiger partial charge in [-0.3, -0.25) is 15.2 Å². The van der Waals surface area contributed by atoms with Crippen LogP contribution in [0.15, 0.2) is 17.2 Å². The molecule has 0 atom stereocenters. The molecule has 1 aromatic heterocycles. The maximum atomic E-state index is 10.9. The van der Waals surface area contributed by atoms with Crippen LogP contribution in [0.1, 0.15) is 30.1 Å². The summed E-state index contributed by atoms with van der Waals surface area (Å²) in [5.74, 6) is 0.519. The van der Waals surface area contributed by atoms with E-state index in [0.717, 1.165) is 18.9 Å². The fourth-order valence-corrected chi connectivity index (χ4v) is 2.39. The number of phenols is 1. The lowest BCUT2D eigenvalue weighted by Crippen LogP contribution is -1.98. The van der Waals surface area contributed by atoms with E-state index in [1.165, 1.54) is 17.0 Å². The van der Waals surface area contributed by atoms with Crippen molar-refractivity contribution < 1.29 is 10.0 Å². The number of nitro benzene ring substituents is 1. The van der Waals surface area contributed by atoms with Gasteiger partial charge in [-0.25, -0.2) is 0 Å². The molecular weight excluding hydrogens is 330 g/mol. The van der Waals surface area contributed by atoms with E-state index >= 15 is 0 Å². The van der Waals surface area contributed by atoms with Gasteiger partial charge in [0.2, 0.25) is 10.5 Å². The summed E-state index contributed by atoms with van der Waals surface area (Å²) in [5, 5.41) is 31.8. The highest BCUT2D eigenvalue weighted by atomic mass is 35.5. The Bertz CT molecular complexity index is 840. The normalized spacial score (nSPS) is 14.6. The molecule has 1 saturated carbocycles. The van der Waals surface area contributed by atoms with Crippen molar-refractivity contribution >= 4 is 35.7 Å². The van der Waals surface area contributed by atoms with Gasteiger partial charge in [-0.15, -0.1) is 0 Å². The number of aromatic hydroxyl groups is 1. The van der Waals surface area contributed by atoms with Crippen LogP contribution in [-0.4, -0.2) is 31.1 Å². The molecule has 0 amide bonds. The molecule has 1 fully saturated rings. The van der Waals surface area contributed by atoms with E-state index in [9.17, 15) is 15.2 Å². The molecule has 3 rings (SSSR count). The summed E-state index contributed by atoms with van der Waals surface area (Å²) in [7, 11) is 0. The molecule has 22 heavy (non-hydrogen) atoms. The molecule has 0 bridgehead atoms. The van der Waals surface area contributed by atoms with Crippen LogP contribution in [0.5, 0.6) is 5.75 Å². The van der Waals surface area contributed by atoms with Crippen LogP contribution in [0, 0.1) is 14.9 Å². The van der Waals surface area contributed by atoms with Gasteiger partial charge in [0.1, 0.15) is 0 Å². The van der Waals surface area contributed by atoms with Gasteiger partial charge in [0, 0.05) is 22.6 Å². The van der Waals surface area contributed by atoms with Crippen LogP contribution in [0.25, 0.3) is 0 Å². The van der Waals surface area contributed by atoms with Crippen LogP contribution in [-0.2, 0) is 0 Å². The topological polar surface area (TPSA) is 109 Å². The first-order valence-electron chi connectivity index (χ1n) is 6.36. The second-order valence-corrected chi connectivity index (χ2v) is 5.66. The minimum absolute atomic E-state index is 0.129. The average molecular weight is 340 g/mol. The summed E-state index contributed by atoms with van der Waals surface area (Å²) in [4.78, 5) is 10.2. The molecule has 114 valence electrons. The van der Waals surface area contributed by atoms with Crippen molar-refractivity contribution in [3.63, 3.8) is 0 Å². The van der Waals surface area contributed by atoms with E-state index in [-0.39, 0.29) is 10.6 Å². The third-order valence-corrected chi connectivity index (χ3v) is 3.69. The van der Waals surface area contributed by atoms with Crippen molar-refractivity contribution in [2.75, 3.05) is 0 Å². The van der Waals surface area contributed by atoms with E-state index in [2.05, 4.69) is 15.3 Å². The summed E-state index contributed by atoms with van der Waals surface area (Å²) in [6, 6.07) is 2.46. The molecule has 0 aliphatic heterocycles. The largest absolute Gasteiger partial charge is 0.502 e. The lowest BCUT2D eigenvalue weighted by molar-refractivity contribution is -0.385.